The van der Waals surface area contributed by atoms with Gasteiger partial charge in [-0.2, -0.15) is 0 Å². The minimum absolute atomic E-state index is 0.00722. The van der Waals surface area contributed by atoms with Gasteiger partial charge >= 0.3 is 0 Å². The molecule has 0 fully saturated rings. The zero-order chi connectivity index (χ0) is 9.02. The topological polar surface area (TPSA) is 46.3 Å². The van der Waals surface area contributed by atoms with Crippen LogP contribution in [0.5, 0.6) is 0 Å². The second-order valence-electron chi connectivity index (χ2n) is 2.71. The largest absolute Gasteiger partial charge is 0.392 e. The van der Waals surface area contributed by atoms with E-state index in [9.17, 15) is 4.79 Å². The van der Waals surface area contributed by atoms with Crippen molar-refractivity contribution in [3.05, 3.63) is 0 Å². The predicted octanol–water partition coefficient (Wildman–Crippen LogP) is 0.529. The second kappa shape index (κ2) is 4.28. The number of rotatable bonds is 3. The van der Waals surface area contributed by atoms with Gasteiger partial charge in [0.05, 0.1) is 11.5 Å². The van der Waals surface area contributed by atoms with Crippen molar-refractivity contribution < 1.29 is 4.79 Å². The van der Waals surface area contributed by atoms with Gasteiger partial charge in [0, 0.05) is 13.0 Å². The van der Waals surface area contributed by atoms with Crippen LogP contribution in [0.3, 0.4) is 0 Å². The molecular formula is C7H14N2OS. The molecule has 4 heteroatoms. The van der Waals surface area contributed by atoms with Crippen molar-refractivity contribution in [3.8, 4) is 0 Å². The minimum atomic E-state index is 0.00722. The molecule has 0 atom stereocenters. The standard InChI is InChI=1S/C7H14N2OS/c1-5(2)9(6(3)10)4-7(8)11/h5H,4H2,1-3H3,(H2,8,11). The highest BCUT2D eigenvalue weighted by molar-refractivity contribution is 7.80. The number of hydrogen-bond donors (Lipinski definition) is 1. The van der Waals surface area contributed by atoms with E-state index in [1.807, 2.05) is 13.8 Å². The van der Waals surface area contributed by atoms with Crippen LogP contribution in [0, 0.1) is 0 Å². The lowest BCUT2D eigenvalue weighted by Gasteiger charge is -2.24. The van der Waals surface area contributed by atoms with Gasteiger partial charge in [-0.05, 0) is 13.8 Å². The van der Waals surface area contributed by atoms with Crippen molar-refractivity contribution in [2.45, 2.75) is 26.8 Å². The molecule has 0 saturated carbocycles. The van der Waals surface area contributed by atoms with Crippen LogP contribution in [-0.2, 0) is 4.79 Å². The number of carbonyl (C=O) groups excluding carboxylic acids is 1. The molecule has 0 aromatic heterocycles. The number of nitrogens with two attached hydrogens (primary N) is 1. The summed E-state index contributed by atoms with van der Waals surface area (Å²) >= 11 is 4.69. The number of nitrogens with zero attached hydrogens (tertiary/aromatic N) is 1. The molecule has 0 unspecified atom stereocenters. The van der Waals surface area contributed by atoms with Gasteiger partial charge in [0.1, 0.15) is 0 Å². The monoisotopic (exact) mass is 174 g/mol. The highest BCUT2D eigenvalue weighted by Gasteiger charge is 2.12. The predicted molar refractivity (Wildman–Crippen MR) is 49.3 cm³/mol. The highest BCUT2D eigenvalue weighted by atomic mass is 32.1. The molecule has 2 N–H and O–H groups in total. The van der Waals surface area contributed by atoms with Crippen molar-refractivity contribution in [3.63, 3.8) is 0 Å². The van der Waals surface area contributed by atoms with Gasteiger partial charge in [0.2, 0.25) is 5.91 Å². The van der Waals surface area contributed by atoms with Crippen LogP contribution < -0.4 is 5.73 Å². The van der Waals surface area contributed by atoms with E-state index >= 15 is 0 Å². The Balaban J connectivity index is 4.12. The Hall–Kier alpha value is -0.640. The molecule has 64 valence electrons. The molecule has 0 radical (unpaired) electrons. The first kappa shape index (κ1) is 10.4. The molecule has 0 aliphatic rings. The third kappa shape index (κ3) is 3.93. The van der Waals surface area contributed by atoms with Crippen LogP contribution in [0.15, 0.2) is 0 Å². The number of hydrogen-bond acceptors (Lipinski definition) is 2. The van der Waals surface area contributed by atoms with Crippen LogP contribution in [0.4, 0.5) is 0 Å². The fourth-order valence-corrected chi connectivity index (χ4v) is 0.964. The second-order valence-corrected chi connectivity index (χ2v) is 3.23. The molecule has 0 rings (SSSR count). The quantitative estimate of drug-likeness (QED) is 0.635. The van der Waals surface area contributed by atoms with Gasteiger partial charge < -0.3 is 10.6 Å². The molecule has 0 bridgehead atoms. The Labute approximate surface area is 72.5 Å². The summed E-state index contributed by atoms with van der Waals surface area (Å²) in [6, 6.07) is 0.161. The van der Waals surface area contributed by atoms with Gasteiger partial charge in [-0.1, -0.05) is 12.2 Å². The van der Waals surface area contributed by atoms with Crippen molar-refractivity contribution in [1.82, 2.24) is 4.90 Å². The summed E-state index contributed by atoms with van der Waals surface area (Å²) in [5.74, 6) is 0.00722. The van der Waals surface area contributed by atoms with Gasteiger partial charge in [-0.3, -0.25) is 4.79 Å². The molecule has 0 saturated heterocycles. The van der Waals surface area contributed by atoms with Crippen molar-refractivity contribution in [2.75, 3.05) is 6.54 Å². The maximum atomic E-state index is 10.9. The fourth-order valence-electron chi connectivity index (χ4n) is 0.825. The van der Waals surface area contributed by atoms with E-state index < -0.39 is 0 Å². The molecule has 0 aromatic rings. The maximum Gasteiger partial charge on any atom is 0.220 e. The molecule has 0 spiro atoms. The summed E-state index contributed by atoms with van der Waals surface area (Å²) in [7, 11) is 0. The summed E-state index contributed by atoms with van der Waals surface area (Å²) in [4.78, 5) is 12.9. The zero-order valence-corrected chi connectivity index (χ0v) is 7.94. The first-order valence-corrected chi connectivity index (χ1v) is 3.91. The van der Waals surface area contributed by atoms with E-state index in [1.165, 1.54) is 6.92 Å². The Morgan fingerprint density at radius 3 is 2.18 bits per heavy atom. The van der Waals surface area contributed by atoms with E-state index in [1.54, 1.807) is 4.90 Å². The number of amides is 1. The minimum Gasteiger partial charge on any atom is -0.392 e. The Morgan fingerprint density at radius 1 is 1.64 bits per heavy atom. The SMILES string of the molecule is CC(=O)N(CC(N)=S)C(C)C. The summed E-state index contributed by atoms with van der Waals surface area (Å²) in [5.41, 5.74) is 5.31. The zero-order valence-electron chi connectivity index (χ0n) is 7.13. The Bertz CT molecular complexity index is 168. The Kier molecular flexibility index (Phi) is 4.03. The van der Waals surface area contributed by atoms with E-state index in [2.05, 4.69) is 0 Å². The molecule has 1 amide bonds. The number of thiocarbonyl (C=S) groups is 1. The van der Waals surface area contributed by atoms with Crippen LogP contribution in [0.2, 0.25) is 0 Å². The van der Waals surface area contributed by atoms with Crippen LogP contribution in [0.25, 0.3) is 0 Å². The lowest BCUT2D eigenvalue weighted by molar-refractivity contribution is -0.129. The molecule has 0 aromatic carbocycles. The van der Waals surface area contributed by atoms with Crippen molar-refractivity contribution in [1.29, 1.82) is 0 Å². The first-order chi connectivity index (χ1) is 4.95. The summed E-state index contributed by atoms with van der Waals surface area (Å²) in [5, 5.41) is 0. The molecule has 11 heavy (non-hydrogen) atoms. The van der Waals surface area contributed by atoms with Crippen LogP contribution in [-0.4, -0.2) is 28.4 Å². The van der Waals surface area contributed by atoms with E-state index in [-0.39, 0.29) is 11.9 Å². The summed E-state index contributed by atoms with van der Waals surface area (Å²) in [6.45, 7) is 5.75. The van der Waals surface area contributed by atoms with Gasteiger partial charge in [0.15, 0.2) is 0 Å². The number of carbonyl (C=O) groups is 1. The lowest BCUT2D eigenvalue weighted by Crippen LogP contribution is -2.40. The highest BCUT2D eigenvalue weighted by Crippen LogP contribution is 1.97. The van der Waals surface area contributed by atoms with Gasteiger partial charge in [-0.15, -0.1) is 0 Å². The molecular weight excluding hydrogens is 160 g/mol. The van der Waals surface area contributed by atoms with E-state index in [0.717, 1.165) is 0 Å². The lowest BCUT2D eigenvalue weighted by atomic mass is 10.3. The van der Waals surface area contributed by atoms with Gasteiger partial charge in [-0.25, -0.2) is 0 Å². The smallest absolute Gasteiger partial charge is 0.220 e. The molecule has 0 aliphatic carbocycles. The first-order valence-electron chi connectivity index (χ1n) is 3.50. The van der Waals surface area contributed by atoms with E-state index in [0.29, 0.717) is 11.5 Å². The molecule has 0 heterocycles. The molecule has 3 nitrogen and oxygen atoms in total. The average Bonchev–Trinajstić information content (AvgIpc) is 1.81. The third-order valence-electron chi connectivity index (χ3n) is 1.35. The fraction of sp³-hybridized carbons (Fsp3) is 0.714. The van der Waals surface area contributed by atoms with E-state index in [4.69, 9.17) is 18.0 Å². The molecule has 0 aliphatic heterocycles. The summed E-state index contributed by atoms with van der Waals surface area (Å²) in [6.07, 6.45) is 0. The van der Waals surface area contributed by atoms with Gasteiger partial charge in [0.25, 0.3) is 0 Å². The maximum absolute atomic E-state index is 10.9. The van der Waals surface area contributed by atoms with Crippen LogP contribution in [0.1, 0.15) is 20.8 Å². The van der Waals surface area contributed by atoms with Crippen molar-refractivity contribution in [2.24, 2.45) is 5.73 Å². The average molecular weight is 174 g/mol. The third-order valence-corrected chi connectivity index (χ3v) is 1.48. The van der Waals surface area contributed by atoms with Crippen LogP contribution >= 0.6 is 12.2 Å². The van der Waals surface area contributed by atoms with Crippen molar-refractivity contribution >= 4 is 23.1 Å². The summed E-state index contributed by atoms with van der Waals surface area (Å²) < 4.78 is 0. The normalized spacial score (nSPS) is 9.82. The Morgan fingerprint density at radius 2 is 2.09 bits per heavy atom.